The van der Waals surface area contributed by atoms with Crippen molar-refractivity contribution in [3.63, 3.8) is 0 Å². The molecule has 0 aliphatic rings. The summed E-state index contributed by atoms with van der Waals surface area (Å²) in [6.07, 6.45) is 2.54. The van der Waals surface area contributed by atoms with E-state index in [0.29, 0.717) is 6.42 Å². The second-order valence-electron chi connectivity index (χ2n) is 3.97. The van der Waals surface area contributed by atoms with Gasteiger partial charge < -0.3 is 0 Å². The number of hydrogen-bond acceptors (Lipinski definition) is 3. The number of thioether (sulfide) groups is 1. The Kier molecular flexibility index (Phi) is 5.59. The molecule has 0 amide bonds. The number of benzene rings is 1. The molecule has 0 bridgehead atoms. The van der Waals surface area contributed by atoms with E-state index in [1.54, 1.807) is 0 Å². The zero-order valence-corrected chi connectivity index (χ0v) is 11.7. The molecule has 17 heavy (non-hydrogen) atoms. The summed E-state index contributed by atoms with van der Waals surface area (Å²) in [7, 11) is 0. The van der Waals surface area contributed by atoms with Crippen LogP contribution in [0.15, 0.2) is 42.5 Å². The molecular weight excluding hydrogens is 248 g/mol. The number of carbonyl (C=O) groups is 1. The van der Waals surface area contributed by atoms with Crippen LogP contribution >= 0.6 is 24.0 Å². The van der Waals surface area contributed by atoms with E-state index in [-0.39, 0.29) is 11.7 Å². The lowest BCUT2D eigenvalue weighted by Crippen LogP contribution is -2.21. The van der Waals surface area contributed by atoms with Crippen molar-refractivity contribution >= 4 is 34.0 Å². The molecule has 3 heteroatoms. The van der Waals surface area contributed by atoms with Crippen molar-refractivity contribution in [2.45, 2.75) is 13.3 Å². The molecule has 0 aromatic heterocycles. The summed E-state index contributed by atoms with van der Waals surface area (Å²) >= 11 is 6.74. The molecule has 0 N–H and O–H groups in total. The van der Waals surface area contributed by atoms with Crippen LogP contribution in [0.25, 0.3) is 0 Å². The van der Waals surface area contributed by atoms with E-state index in [2.05, 4.69) is 6.58 Å². The van der Waals surface area contributed by atoms with Gasteiger partial charge in [0, 0.05) is 5.56 Å². The van der Waals surface area contributed by atoms with Gasteiger partial charge >= 0.3 is 0 Å². The fraction of sp³-hybridized carbons (Fsp3) is 0.286. The van der Waals surface area contributed by atoms with Gasteiger partial charge in [0.2, 0.25) is 0 Å². The Balaban J connectivity index is 2.94. The monoisotopic (exact) mass is 264 g/mol. The molecule has 0 saturated carbocycles. The second kappa shape index (κ2) is 6.72. The Bertz CT molecular complexity index is 423. The molecule has 1 atom stereocenters. The van der Waals surface area contributed by atoms with Gasteiger partial charge in [-0.1, -0.05) is 48.1 Å². The first-order valence-corrected chi connectivity index (χ1v) is 7.01. The summed E-state index contributed by atoms with van der Waals surface area (Å²) in [4.78, 5) is 12.3. The molecule has 0 aliphatic carbocycles. The lowest BCUT2D eigenvalue weighted by Gasteiger charge is -2.15. The molecule has 90 valence electrons. The first-order valence-electron chi connectivity index (χ1n) is 5.37. The van der Waals surface area contributed by atoms with Crippen LogP contribution in [0.4, 0.5) is 0 Å². The van der Waals surface area contributed by atoms with Crippen molar-refractivity contribution in [3.05, 3.63) is 48.0 Å². The van der Waals surface area contributed by atoms with Crippen LogP contribution in [0.5, 0.6) is 0 Å². The summed E-state index contributed by atoms with van der Waals surface area (Å²) < 4.78 is 0.738. The molecular formula is C14H16OS2. The number of ketones is 1. The number of Topliss-reactive ketones (excluding diaryl/α,β-unsaturated/α-hetero) is 1. The Morgan fingerprint density at radius 2 is 2.00 bits per heavy atom. The van der Waals surface area contributed by atoms with E-state index in [1.165, 1.54) is 11.8 Å². The largest absolute Gasteiger partial charge is 0.293 e. The normalized spacial score (nSPS) is 11.9. The van der Waals surface area contributed by atoms with Gasteiger partial charge in [-0.25, -0.2) is 0 Å². The third kappa shape index (κ3) is 4.10. The van der Waals surface area contributed by atoms with Crippen molar-refractivity contribution in [2.24, 2.45) is 5.92 Å². The number of rotatable bonds is 5. The number of hydrogen-bond donors (Lipinski definition) is 0. The van der Waals surface area contributed by atoms with Crippen molar-refractivity contribution in [2.75, 3.05) is 6.26 Å². The molecule has 0 saturated heterocycles. The average Bonchev–Trinajstić information content (AvgIpc) is 2.35. The Morgan fingerprint density at radius 1 is 1.41 bits per heavy atom. The second-order valence-corrected chi connectivity index (χ2v) is 5.51. The fourth-order valence-corrected chi connectivity index (χ4v) is 2.24. The first-order chi connectivity index (χ1) is 8.06. The predicted octanol–water partition coefficient (Wildman–Crippen LogP) is 4.14. The zero-order chi connectivity index (χ0) is 12.8. The predicted molar refractivity (Wildman–Crippen MR) is 79.8 cm³/mol. The minimum Gasteiger partial charge on any atom is -0.293 e. The third-order valence-corrected chi connectivity index (χ3v) is 3.88. The summed E-state index contributed by atoms with van der Waals surface area (Å²) in [6, 6.07) is 9.30. The van der Waals surface area contributed by atoms with Crippen LogP contribution in [-0.2, 0) is 0 Å². The maximum atomic E-state index is 12.3. The SMILES string of the molecule is C=C(C)CC(C(=O)c1ccccc1)C(=S)SC. The Morgan fingerprint density at radius 3 is 2.47 bits per heavy atom. The molecule has 1 unspecified atom stereocenters. The highest BCUT2D eigenvalue weighted by atomic mass is 32.2. The smallest absolute Gasteiger partial charge is 0.172 e. The Labute approximate surface area is 112 Å². The van der Waals surface area contributed by atoms with Gasteiger partial charge in [-0.05, 0) is 19.6 Å². The van der Waals surface area contributed by atoms with Crippen molar-refractivity contribution in [3.8, 4) is 0 Å². The topological polar surface area (TPSA) is 17.1 Å². The van der Waals surface area contributed by atoms with Crippen LogP contribution in [0, 0.1) is 5.92 Å². The van der Waals surface area contributed by atoms with E-state index in [0.717, 1.165) is 15.3 Å². The van der Waals surface area contributed by atoms with Gasteiger partial charge in [-0.3, -0.25) is 4.79 Å². The molecule has 0 aliphatic heterocycles. The molecule has 1 aromatic rings. The highest BCUT2D eigenvalue weighted by Crippen LogP contribution is 2.22. The van der Waals surface area contributed by atoms with Gasteiger partial charge in [0.25, 0.3) is 0 Å². The maximum Gasteiger partial charge on any atom is 0.172 e. The molecule has 0 fully saturated rings. The van der Waals surface area contributed by atoms with Crippen molar-refractivity contribution < 1.29 is 4.79 Å². The maximum absolute atomic E-state index is 12.3. The number of carbonyl (C=O) groups excluding carboxylic acids is 1. The average molecular weight is 264 g/mol. The van der Waals surface area contributed by atoms with Gasteiger partial charge in [0.15, 0.2) is 5.78 Å². The minimum atomic E-state index is -0.236. The summed E-state index contributed by atoms with van der Waals surface area (Å²) in [6.45, 7) is 5.79. The van der Waals surface area contributed by atoms with E-state index < -0.39 is 0 Å². The van der Waals surface area contributed by atoms with E-state index >= 15 is 0 Å². The standard InChI is InChI=1S/C14H16OS2/c1-10(2)9-12(14(16)17-3)13(15)11-7-5-4-6-8-11/h4-8,12H,1,9H2,2-3H3. The molecule has 0 spiro atoms. The van der Waals surface area contributed by atoms with Crippen LogP contribution in [0.3, 0.4) is 0 Å². The minimum absolute atomic E-state index is 0.0907. The summed E-state index contributed by atoms with van der Waals surface area (Å²) in [5.41, 5.74) is 1.70. The molecule has 0 heterocycles. The number of allylic oxidation sites excluding steroid dienone is 1. The molecule has 1 nitrogen and oxygen atoms in total. The summed E-state index contributed by atoms with van der Waals surface area (Å²) in [5, 5.41) is 0. The number of thiocarbonyl (C=S) groups is 1. The van der Waals surface area contributed by atoms with Crippen LogP contribution in [-0.4, -0.2) is 16.2 Å². The van der Waals surface area contributed by atoms with E-state index in [9.17, 15) is 4.79 Å². The molecule has 1 rings (SSSR count). The lowest BCUT2D eigenvalue weighted by molar-refractivity contribution is 0.0956. The van der Waals surface area contributed by atoms with Gasteiger partial charge in [-0.2, -0.15) is 0 Å². The highest BCUT2D eigenvalue weighted by Gasteiger charge is 2.23. The van der Waals surface area contributed by atoms with E-state index in [4.69, 9.17) is 12.2 Å². The highest BCUT2D eigenvalue weighted by molar-refractivity contribution is 8.22. The first kappa shape index (κ1) is 14.1. The molecule has 0 radical (unpaired) electrons. The fourth-order valence-electron chi connectivity index (χ4n) is 1.58. The van der Waals surface area contributed by atoms with E-state index in [1.807, 2.05) is 43.5 Å². The van der Waals surface area contributed by atoms with Gasteiger partial charge in [-0.15, -0.1) is 18.3 Å². The van der Waals surface area contributed by atoms with Crippen LogP contribution < -0.4 is 0 Å². The zero-order valence-electron chi connectivity index (χ0n) is 10.1. The lowest BCUT2D eigenvalue weighted by atomic mass is 9.93. The Hall–Kier alpha value is -0.930. The van der Waals surface area contributed by atoms with Crippen LogP contribution in [0.2, 0.25) is 0 Å². The van der Waals surface area contributed by atoms with Gasteiger partial charge in [0.1, 0.15) is 0 Å². The van der Waals surface area contributed by atoms with Gasteiger partial charge in [0.05, 0.1) is 10.1 Å². The third-order valence-electron chi connectivity index (χ3n) is 2.41. The van der Waals surface area contributed by atoms with Crippen LogP contribution in [0.1, 0.15) is 23.7 Å². The molecule has 1 aromatic carbocycles. The van der Waals surface area contributed by atoms with Crippen molar-refractivity contribution in [1.82, 2.24) is 0 Å². The summed E-state index contributed by atoms with van der Waals surface area (Å²) in [5.74, 6) is -0.146. The quantitative estimate of drug-likeness (QED) is 0.452. The van der Waals surface area contributed by atoms with Crippen molar-refractivity contribution in [1.29, 1.82) is 0 Å².